The zero-order valence-electron chi connectivity index (χ0n) is 29.8. The first-order valence-electron chi connectivity index (χ1n) is 18.2. The molecule has 1 saturated heterocycles. The molecule has 0 amide bonds. The van der Waals surface area contributed by atoms with Crippen molar-refractivity contribution in [1.29, 1.82) is 5.41 Å². The summed E-state index contributed by atoms with van der Waals surface area (Å²) >= 11 is 0. The molecule has 0 spiro atoms. The number of para-hydroxylation sites is 1. The van der Waals surface area contributed by atoms with E-state index >= 15 is 0 Å². The fourth-order valence-electron chi connectivity index (χ4n) is 8.12. The molecule has 292 valence electrons. The van der Waals surface area contributed by atoms with E-state index in [4.69, 9.17) is 24.4 Å². The summed E-state index contributed by atoms with van der Waals surface area (Å²) in [6.07, 6.45) is -7.31. The summed E-state index contributed by atoms with van der Waals surface area (Å²) in [6.45, 7) is -1.23. The van der Waals surface area contributed by atoms with Gasteiger partial charge in [-0.1, -0.05) is 42.5 Å². The van der Waals surface area contributed by atoms with Crippen LogP contribution >= 0.6 is 0 Å². The number of rotatable bonds is 8. The smallest absolute Gasteiger partial charge is 0.262 e. The van der Waals surface area contributed by atoms with Crippen LogP contribution in [0.2, 0.25) is 0 Å². The van der Waals surface area contributed by atoms with Crippen molar-refractivity contribution in [1.82, 2.24) is 0 Å². The number of fused-ring (bicyclic) bond motifs is 6. The van der Waals surface area contributed by atoms with Crippen molar-refractivity contribution in [3.63, 3.8) is 0 Å². The molecule has 4 aliphatic heterocycles. The minimum Gasteiger partial charge on any atom is -0.857 e. The van der Waals surface area contributed by atoms with Crippen LogP contribution in [0, 0.1) is 11.3 Å². The number of ether oxygens (including phenoxy) is 4. The van der Waals surface area contributed by atoms with E-state index < -0.39 is 72.6 Å². The third-order valence-corrected chi connectivity index (χ3v) is 10.7. The van der Waals surface area contributed by atoms with E-state index in [-0.39, 0.29) is 84.0 Å². The van der Waals surface area contributed by atoms with Gasteiger partial charge in [0, 0.05) is 46.2 Å². The number of hydrogen-bond acceptors (Lipinski definition) is 14. The monoisotopic (exact) mass is 769 g/mol. The predicted octanol–water partition coefficient (Wildman–Crippen LogP) is -1.40. The summed E-state index contributed by atoms with van der Waals surface area (Å²) in [4.78, 5) is 41.6. The maximum Gasteiger partial charge on any atom is 0.262 e. The van der Waals surface area contributed by atoms with Crippen LogP contribution in [-0.4, -0.2) is 131 Å². The molecule has 5 aliphatic rings. The molecule has 17 nitrogen and oxygen atoms in total. The van der Waals surface area contributed by atoms with Crippen LogP contribution in [0.15, 0.2) is 69.6 Å². The van der Waals surface area contributed by atoms with Gasteiger partial charge in [-0.15, -0.1) is 0 Å². The second kappa shape index (κ2) is 15.4. The van der Waals surface area contributed by atoms with Gasteiger partial charge < -0.3 is 49.6 Å². The van der Waals surface area contributed by atoms with Crippen molar-refractivity contribution < 1.29 is 64.1 Å². The van der Waals surface area contributed by atoms with Gasteiger partial charge in [-0.05, 0) is 30.9 Å². The standard InChI is InChI=1S/C39H39N5O12/c40-39-42-36-28(37(52)43-39)41-17-44(36)24-10-4-3-9-21(24)26-18(6-5-11-45)15-53-16-25-31(49)32(50)33(51)38(55-25)56-34-23(26)14-22-27(35(34)54-13-12-46)30(48)20-8-2-1-7-19(20)29(22)47/h1-4,7-10,14,18,25-26,31-33,38,45-46,49-51H,5-6,11-13,15-17H2,(H2,40,43,52). The van der Waals surface area contributed by atoms with Crippen molar-refractivity contribution in [2.24, 2.45) is 20.9 Å². The molecule has 3 aromatic carbocycles. The van der Waals surface area contributed by atoms with Crippen molar-refractivity contribution in [3.05, 3.63) is 88.0 Å². The number of hydrogen-bond donors (Lipinski definition) is 7. The molecule has 2 bridgehead atoms. The number of aliphatic imine (C=N–C) groups is 3. The van der Waals surface area contributed by atoms with E-state index in [1.165, 1.54) is 12.1 Å². The molecule has 8 rings (SSSR count). The number of nitrogens with zero attached hydrogens (tertiary/aromatic N) is 3. The summed E-state index contributed by atoms with van der Waals surface area (Å²) in [6, 6.07) is 15.1. The Morgan fingerprint density at radius 1 is 0.893 bits per heavy atom. The lowest BCUT2D eigenvalue weighted by Crippen LogP contribution is -3.09. The summed E-state index contributed by atoms with van der Waals surface area (Å²) in [7, 11) is 0. The van der Waals surface area contributed by atoms with Gasteiger partial charge in [0.25, 0.3) is 5.84 Å². The quantitative estimate of drug-likeness (QED) is 0.109. The van der Waals surface area contributed by atoms with Crippen LogP contribution in [0.25, 0.3) is 0 Å². The van der Waals surface area contributed by atoms with E-state index in [0.717, 1.165) is 0 Å². The molecule has 0 aromatic heterocycles. The number of amidine groups is 1. The Kier molecular flexibility index (Phi) is 10.3. The average molecular weight is 770 g/mol. The topological polar surface area (TPSA) is 261 Å². The Morgan fingerprint density at radius 2 is 1.64 bits per heavy atom. The van der Waals surface area contributed by atoms with Gasteiger partial charge in [0.05, 0.1) is 25.4 Å². The number of carbonyl (C=O) groups is 2. The number of ketones is 2. The lowest BCUT2D eigenvalue weighted by Gasteiger charge is -2.40. The highest BCUT2D eigenvalue weighted by Gasteiger charge is 2.48. The van der Waals surface area contributed by atoms with Crippen molar-refractivity contribution >= 4 is 40.7 Å². The third-order valence-electron chi connectivity index (χ3n) is 10.7. The molecule has 0 saturated carbocycles. The highest BCUT2D eigenvalue weighted by atomic mass is 16.7. The fraction of sp³-hybridized carbons (Fsp3) is 0.385. The summed E-state index contributed by atoms with van der Waals surface area (Å²) < 4.78 is 24.9. The lowest BCUT2D eigenvalue weighted by atomic mass is 9.74. The highest BCUT2D eigenvalue weighted by Crippen LogP contribution is 2.50. The Labute approximate surface area is 319 Å². The van der Waals surface area contributed by atoms with Gasteiger partial charge in [0.1, 0.15) is 36.7 Å². The maximum atomic E-state index is 14.4. The normalized spacial score (nSPS) is 28.4. The van der Waals surface area contributed by atoms with Crippen molar-refractivity contribution in [2.45, 2.75) is 49.5 Å². The minimum atomic E-state index is -1.81. The molecule has 1 fully saturated rings. The number of aliphatic hydroxyl groups excluding tert-OH is 5. The zero-order chi connectivity index (χ0) is 39.2. The fourth-order valence-corrected chi connectivity index (χ4v) is 8.12. The van der Waals surface area contributed by atoms with Crippen molar-refractivity contribution in [2.75, 3.05) is 39.7 Å². The molecule has 17 heteroatoms. The molecular formula is C39H39N5O12. The molecular weight excluding hydrogens is 730 g/mol. The summed E-state index contributed by atoms with van der Waals surface area (Å²) in [5.74, 6) is -3.74. The molecule has 4 heterocycles. The molecule has 7 N–H and O–H groups in total. The number of nitrogens with one attached hydrogen (secondary N) is 2. The molecule has 8 unspecified atom stereocenters. The van der Waals surface area contributed by atoms with Crippen LogP contribution in [0.5, 0.6) is 11.5 Å². The number of carbonyl (C=O) groups excluding carboxylic acids is 2. The van der Waals surface area contributed by atoms with Crippen LogP contribution < -0.4 is 19.5 Å². The molecule has 1 aliphatic carbocycles. The van der Waals surface area contributed by atoms with Crippen molar-refractivity contribution in [3.8, 4) is 11.5 Å². The number of guanidine groups is 1. The van der Waals surface area contributed by atoms with E-state index in [1.807, 2.05) is 6.07 Å². The zero-order valence-corrected chi connectivity index (χ0v) is 29.8. The average Bonchev–Trinajstić information content (AvgIpc) is 3.62. The number of quaternary nitrogens is 1. The lowest BCUT2D eigenvalue weighted by molar-refractivity contribution is -0.723. The van der Waals surface area contributed by atoms with Gasteiger partial charge in [-0.2, -0.15) is 4.99 Å². The van der Waals surface area contributed by atoms with E-state index in [1.54, 1.807) is 36.4 Å². The van der Waals surface area contributed by atoms with E-state index in [9.17, 15) is 40.2 Å². The largest absolute Gasteiger partial charge is 0.857 e. The minimum absolute atomic E-state index is 0.0157. The van der Waals surface area contributed by atoms with Crippen LogP contribution in [-0.2, 0) is 9.47 Å². The first-order valence-corrected chi connectivity index (χ1v) is 18.2. The molecule has 56 heavy (non-hydrogen) atoms. The van der Waals surface area contributed by atoms with E-state index in [0.29, 0.717) is 29.0 Å². The van der Waals surface area contributed by atoms with Gasteiger partial charge in [0.15, 0.2) is 35.4 Å². The van der Waals surface area contributed by atoms with Gasteiger partial charge in [0.2, 0.25) is 12.2 Å². The predicted molar refractivity (Wildman–Crippen MR) is 194 cm³/mol. The Balaban J connectivity index is 1.41. The second-order valence-corrected chi connectivity index (χ2v) is 14.0. The molecule has 3 aromatic rings. The second-order valence-electron chi connectivity index (χ2n) is 14.0. The third kappa shape index (κ3) is 6.41. The summed E-state index contributed by atoms with van der Waals surface area (Å²) in [5, 5.41) is 74.1. The molecule has 0 radical (unpaired) electrons. The van der Waals surface area contributed by atoms with Crippen LogP contribution in [0.3, 0.4) is 0 Å². The first kappa shape index (κ1) is 37.7. The highest BCUT2D eigenvalue weighted by molar-refractivity contribution is 6.66. The summed E-state index contributed by atoms with van der Waals surface area (Å²) in [5.41, 5.74) is 1.60. The Bertz CT molecular complexity index is 2190. The van der Waals surface area contributed by atoms with Gasteiger partial charge in [-0.3, -0.25) is 15.0 Å². The van der Waals surface area contributed by atoms with Gasteiger partial charge in [-0.25, -0.2) is 14.9 Å². The van der Waals surface area contributed by atoms with Crippen LogP contribution in [0.1, 0.15) is 61.7 Å². The number of benzene rings is 3. The van der Waals surface area contributed by atoms with Gasteiger partial charge >= 0.3 is 0 Å². The van der Waals surface area contributed by atoms with Crippen LogP contribution in [0.4, 0.5) is 5.69 Å². The number of aliphatic hydroxyl groups is 5. The Hall–Kier alpha value is -5.24. The first-order chi connectivity index (χ1) is 27.1. The Morgan fingerprint density at radius 3 is 2.41 bits per heavy atom. The van der Waals surface area contributed by atoms with E-state index in [2.05, 4.69) is 15.0 Å². The molecule has 8 atom stereocenters. The maximum absolute atomic E-state index is 14.4. The SMILES string of the molecule is N=C1N=C([O-])C2=NC[NH+](c3ccccc3C3c4cc5c(c(OCCO)c4OC4OC(COCC3CCCO)C(O)C(O)C4O)C(=O)c3ccccc3C5=O)C2=N1.